The highest BCUT2D eigenvalue weighted by Crippen LogP contribution is 2.36. The van der Waals surface area contributed by atoms with E-state index in [4.69, 9.17) is 10.1 Å². The Hall–Kier alpha value is -4.26. The topological polar surface area (TPSA) is 90.8 Å². The molecule has 1 atom stereocenters. The van der Waals surface area contributed by atoms with Gasteiger partial charge in [-0.3, -0.25) is 9.59 Å². The summed E-state index contributed by atoms with van der Waals surface area (Å²) < 4.78 is 45.9. The zero-order valence-corrected chi connectivity index (χ0v) is 26.4. The molecule has 7 rings (SSSR count). The zero-order valence-electron chi connectivity index (χ0n) is 24.8. The molecule has 0 saturated heterocycles. The normalized spacial score (nSPS) is 16.6. The number of halogens is 4. The standard InChI is InChI=1S/C32H29BrF3N7O2/c1-17-12-22-27(15-41(17)29(44)19-8-10-24(33)23(13-19)32(34,35)36)38-31(43-18(2)21-6-4-5-7-25(21)39-43)42(30(22)45)20-9-11-28-26(14-20)37-16-40(28)3/h8-11,13-14,16-17H,4-7,12,15H2,1-3H3/t17-/m1/s1. The number of carbonyl (C=O) groups is 1. The molecule has 0 spiro atoms. The fourth-order valence-electron chi connectivity index (χ4n) is 6.51. The fraction of sp³-hybridized carbons (Fsp3) is 0.344. The maximum absolute atomic E-state index is 14.4. The van der Waals surface area contributed by atoms with Crippen LogP contribution in [0.25, 0.3) is 22.7 Å². The van der Waals surface area contributed by atoms with Crippen molar-refractivity contribution < 1.29 is 18.0 Å². The maximum Gasteiger partial charge on any atom is 0.417 e. The van der Waals surface area contributed by atoms with E-state index >= 15 is 0 Å². The van der Waals surface area contributed by atoms with E-state index in [0.29, 0.717) is 22.9 Å². The van der Waals surface area contributed by atoms with Crippen LogP contribution in [0.5, 0.6) is 0 Å². The monoisotopic (exact) mass is 679 g/mol. The number of hydrogen-bond acceptors (Lipinski definition) is 5. The first-order valence-corrected chi connectivity index (χ1v) is 15.5. The molecule has 45 heavy (non-hydrogen) atoms. The molecule has 4 heterocycles. The number of alkyl halides is 3. The van der Waals surface area contributed by atoms with Gasteiger partial charge in [0.1, 0.15) is 0 Å². The number of fused-ring (bicyclic) bond motifs is 3. The van der Waals surface area contributed by atoms with E-state index in [1.807, 2.05) is 36.7 Å². The smallest absolute Gasteiger partial charge is 0.334 e. The molecule has 2 aliphatic rings. The third kappa shape index (κ3) is 4.88. The summed E-state index contributed by atoms with van der Waals surface area (Å²) in [5, 5.41) is 4.90. The van der Waals surface area contributed by atoms with E-state index < -0.39 is 23.7 Å². The first-order chi connectivity index (χ1) is 21.4. The SMILES string of the molecule is Cc1c2c(nn1-c1nc3c(c(=O)n1-c1ccc4c(c1)ncn4C)C[C@@H](C)N(C(=O)c1ccc(Br)c(C(F)(F)F)c1)C3)CCCC2. The van der Waals surface area contributed by atoms with Crippen molar-refractivity contribution in [1.82, 2.24) is 33.8 Å². The number of benzene rings is 2. The van der Waals surface area contributed by atoms with E-state index in [-0.39, 0.29) is 28.6 Å². The molecule has 0 N–H and O–H groups in total. The van der Waals surface area contributed by atoms with E-state index in [1.54, 1.807) is 22.5 Å². The quantitative estimate of drug-likeness (QED) is 0.238. The number of imidazole rings is 1. The Labute approximate surface area is 264 Å². The molecule has 0 unspecified atom stereocenters. The van der Waals surface area contributed by atoms with Gasteiger partial charge in [0.05, 0.1) is 46.5 Å². The Balaban J connectivity index is 1.37. The highest BCUT2D eigenvalue weighted by Gasteiger charge is 2.36. The minimum absolute atomic E-state index is 0.0326. The second-order valence-electron chi connectivity index (χ2n) is 11.8. The number of nitrogens with zero attached hydrogens (tertiary/aromatic N) is 7. The Morgan fingerprint density at radius 1 is 1.04 bits per heavy atom. The summed E-state index contributed by atoms with van der Waals surface area (Å²) >= 11 is 2.94. The average Bonchev–Trinajstić information content (AvgIpc) is 3.55. The molecule has 0 bridgehead atoms. The van der Waals surface area contributed by atoms with Crippen molar-refractivity contribution in [3.8, 4) is 11.6 Å². The molecule has 2 aromatic carbocycles. The average molecular weight is 681 g/mol. The molecule has 0 fully saturated rings. The third-order valence-corrected chi connectivity index (χ3v) is 9.64. The number of aryl methyl sites for hydroxylation is 2. The van der Waals surface area contributed by atoms with Gasteiger partial charge in [-0.2, -0.15) is 18.3 Å². The molecule has 1 aliphatic carbocycles. The van der Waals surface area contributed by atoms with Crippen LogP contribution in [0.3, 0.4) is 0 Å². The Kier molecular flexibility index (Phi) is 6.99. The van der Waals surface area contributed by atoms with Crippen LogP contribution in [0.2, 0.25) is 0 Å². The molecule has 232 valence electrons. The number of rotatable bonds is 3. The van der Waals surface area contributed by atoms with Crippen LogP contribution in [-0.4, -0.2) is 45.7 Å². The van der Waals surface area contributed by atoms with Crippen molar-refractivity contribution in [3.63, 3.8) is 0 Å². The van der Waals surface area contributed by atoms with Crippen molar-refractivity contribution in [1.29, 1.82) is 0 Å². The van der Waals surface area contributed by atoms with Gasteiger partial charge in [-0.1, -0.05) is 15.9 Å². The molecule has 0 saturated carbocycles. The van der Waals surface area contributed by atoms with Crippen LogP contribution in [0, 0.1) is 6.92 Å². The van der Waals surface area contributed by atoms with Gasteiger partial charge in [0, 0.05) is 34.4 Å². The van der Waals surface area contributed by atoms with E-state index in [9.17, 15) is 22.8 Å². The van der Waals surface area contributed by atoms with Crippen molar-refractivity contribution in [2.75, 3.05) is 0 Å². The summed E-state index contributed by atoms with van der Waals surface area (Å²) in [6, 6.07) is 8.60. The van der Waals surface area contributed by atoms with Gasteiger partial charge in [0.2, 0.25) is 5.95 Å². The minimum atomic E-state index is -4.63. The summed E-state index contributed by atoms with van der Waals surface area (Å²) in [4.78, 5) is 39.0. The summed E-state index contributed by atoms with van der Waals surface area (Å²) in [6.07, 6.45) is 1.10. The lowest BCUT2D eigenvalue weighted by molar-refractivity contribution is -0.138. The zero-order chi connectivity index (χ0) is 31.8. The molecule has 9 nitrogen and oxygen atoms in total. The van der Waals surface area contributed by atoms with Crippen molar-refractivity contribution in [2.45, 2.75) is 64.7 Å². The molecular weight excluding hydrogens is 651 g/mol. The van der Waals surface area contributed by atoms with Gasteiger partial charge in [0.15, 0.2) is 0 Å². The maximum atomic E-state index is 14.4. The second kappa shape index (κ2) is 10.7. The summed E-state index contributed by atoms with van der Waals surface area (Å²) in [5.74, 6) is -0.268. The Bertz CT molecular complexity index is 2080. The second-order valence-corrected chi connectivity index (χ2v) is 12.7. The lowest BCUT2D eigenvalue weighted by atomic mass is 9.96. The predicted octanol–water partition coefficient (Wildman–Crippen LogP) is 5.86. The van der Waals surface area contributed by atoms with Crippen LogP contribution in [0.1, 0.15) is 63.9 Å². The van der Waals surface area contributed by atoms with Gasteiger partial charge in [-0.15, -0.1) is 0 Å². The Morgan fingerprint density at radius 3 is 2.58 bits per heavy atom. The highest BCUT2D eigenvalue weighted by atomic mass is 79.9. The van der Waals surface area contributed by atoms with Crippen LogP contribution < -0.4 is 5.56 Å². The minimum Gasteiger partial charge on any atom is -0.334 e. The highest BCUT2D eigenvalue weighted by molar-refractivity contribution is 9.10. The lowest BCUT2D eigenvalue weighted by Crippen LogP contribution is -2.46. The first kappa shape index (κ1) is 29.5. The Morgan fingerprint density at radius 2 is 1.82 bits per heavy atom. The molecule has 1 aliphatic heterocycles. The summed E-state index contributed by atoms with van der Waals surface area (Å²) in [7, 11) is 1.90. The van der Waals surface area contributed by atoms with Gasteiger partial charge >= 0.3 is 6.18 Å². The molecule has 0 radical (unpaired) electrons. The molecule has 1 amide bonds. The summed E-state index contributed by atoms with van der Waals surface area (Å²) in [6.45, 7) is 3.72. The van der Waals surface area contributed by atoms with Gasteiger partial charge < -0.3 is 9.47 Å². The largest absolute Gasteiger partial charge is 0.417 e. The fourth-order valence-corrected chi connectivity index (χ4v) is 6.98. The number of hydrogen-bond donors (Lipinski definition) is 0. The number of amides is 1. The first-order valence-electron chi connectivity index (χ1n) is 14.7. The van der Waals surface area contributed by atoms with Crippen LogP contribution in [0.15, 0.2) is 52.0 Å². The van der Waals surface area contributed by atoms with Crippen LogP contribution in [-0.2, 0) is 39.0 Å². The molecule has 3 aromatic heterocycles. The number of carbonyl (C=O) groups excluding carboxylic acids is 1. The van der Waals surface area contributed by atoms with Crippen molar-refractivity contribution in [2.24, 2.45) is 7.05 Å². The van der Waals surface area contributed by atoms with Crippen molar-refractivity contribution >= 4 is 32.9 Å². The van der Waals surface area contributed by atoms with Crippen LogP contribution in [0.4, 0.5) is 13.2 Å². The third-order valence-electron chi connectivity index (χ3n) is 8.95. The van der Waals surface area contributed by atoms with Crippen molar-refractivity contribution in [3.05, 3.63) is 96.9 Å². The van der Waals surface area contributed by atoms with E-state index in [2.05, 4.69) is 20.9 Å². The van der Waals surface area contributed by atoms with Gasteiger partial charge in [-0.05, 0) is 87.9 Å². The molecule has 5 aromatic rings. The predicted molar refractivity (Wildman–Crippen MR) is 165 cm³/mol. The van der Waals surface area contributed by atoms with E-state index in [1.165, 1.54) is 17.0 Å². The van der Waals surface area contributed by atoms with Gasteiger partial charge in [0.25, 0.3) is 11.5 Å². The van der Waals surface area contributed by atoms with E-state index in [0.717, 1.165) is 59.7 Å². The number of aromatic nitrogens is 6. The lowest BCUT2D eigenvalue weighted by Gasteiger charge is -2.34. The van der Waals surface area contributed by atoms with Crippen LogP contribution >= 0.6 is 15.9 Å². The molecular formula is C32H29BrF3N7O2. The van der Waals surface area contributed by atoms with Gasteiger partial charge in [-0.25, -0.2) is 19.2 Å². The molecule has 13 heteroatoms. The summed E-state index contributed by atoms with van der Waals surface area (Å²) in [5.41, 5.74) is 4.82.